The molecule has 0 aliphatic carbocycles. The van der Waals surface area contributed by atoms with Crippen LogP contribution in [-0.4, -0.2) is 48.2 Å². The van der Waals surface area contributed by atoms with Crippen LogP contribution in [0.4, 0.5) is 4.79 Å². The Balaban J connectivity index is 2.59. The number of carbonyl (C=O) groups is 2. The average Bonchev–Trinajstić information content (AvgIpc) is 2.21. The number of esters is 1. The van der Waals surface area contributed by atoms with Gasteiger partial charge in [-0.05, 0) is 12.8 Å². The highest BCUT2D eigenvalue weighted by molar-refractivity contribution is 5.76. The highest BCUT2D eigenvalue weighted by Gasteiger charge is 2.35. The maximum Gasteiger partial charge on any atom is 0.322 e. The number of hydrogen-bond acceptors (Lipinski definition) is 3. The van der Waals surface area contributed by atoms with E-state index in [1.165, 1.54) is 4.90 Å². The first-order valence-corrected chi connectivity index (χ1v) is 6.02. The molecule has 1 saturated heterocycles. The zero-order chi connectivity index (χ0) is 13.2. The zero-order valence-corrected chi connectivity index (χ0v) is 11.3. The number of ether oxygens (including phenoxy) is 1. The van der Waals surface area contributed by atoms with Gasteiger partial charge in [-0.15, -0.1) is 0 Å². The monoisotopic (exact) mass is 242 g/mol. The van der Waals surface area contributed by atoms with Crippen molar-refractivity contribution in [1.29, 1.82) is 0 Å². The molecule has 1 heterocycles. The van der Waals surface area contributed by atoms with Crippen molar-refractivity contribution in [1.82, 2.24) is 9.80 Å². The van der Waals surface area contributed by atoms with Crippen molar-refractivity contribution < 1.29 is 14.3 Å². The van der Waals surface area contributed by atoms with E-state index in [1.54, 1.807) is 19.0 Å². The quantitative estimate of drug-likeness (QED) is 0.707. The Morgan fingerprint density at radius 2 is 2.00 bits per heavy atom. The normalized spacial score (nSPS) is 25.4. The van der Waals surface area contributed by atoms with Gasteiger partial charge >= 0.3 is 12.0 Å². The van der Waals surface area contributed by atoms with E-state index in [9.17, 15) is 9.59 Å². The van der Waals surface area contributed by atoms with Crippen molar-refractivity contribution in [2.45, 2.75) is 45.9 Å². The highest BCUT2D eigenvalue weighted by Crippen LogP contribution is 2.20. The predicted octanol–water partition coefficient (Wildman–Crippen LogP) is 1.68. The molecule has 98 valence electrons. The third-order valence-electron chi connectivity index (χ3n) is 3.08. The zero-order valence-electron chi connectivity index (χ0n) is 11.3. The summed E-state index contributed by atoms with van der Waals surface area (Å²) in [6.45, 7) is 5.88. The van der Waals surface area contributed by atoms with E-state index in [2.05, 4.69) is 0 Å². The summed E-state index contributed by atoms with van der Waals surface area (Å²) in [6.07, 6.45) is 0.616. The van der Waals surface area contributed by atoms with Crippen LogP contribution in [0.1, 0.15) is 33.6 Å². The minimum atomic E-state index is -0.431. The third kappa shape index (κ3) is 3.35. The molecule has 5 heteroatoms. The summed E-state index contributed by atoms with van der Waals surface area (Å²) < 4.78 is 5.34. The third-order valence-corrected chi connectivity index (χ3v) is 3.08. The van der Waals surface area contributed by atoms with Gasteiger partial charge in [-0.3, -0.25) is 9.69 Å². The summed E-state index contributed by atoms with van der Waals surface area (Å²) in [5.74, 6) is 0.0357. The van der Waals surface area contributed by atoms with Crippen LogP contribution in [0.3, 0.4) is 0 Å². The van der Waals surface area contributed by atoms with Gasteiger partial charge in [0.1, 0.15) is 0 Å². The van der Waals surface area contributed by atoms with Crippen LogP contribution in [-0.2, 0) is 9.53 Å². The summed E-state index contributed by atoms with van der Waals surface area (Å²) >= 11 is 0. The van der Waals surface area contributed by atoms with Crippen molar-refractivity contribution in [3.05, 3.63) is 0 Å². The van der Waals surface area contributed by atoms with Crippen molar-refractivity contribution in [3.63, 3.8) is 0 Å². The number of carbonyl (C=O) groups excluding carboxylic acids is 2. The lowest BCUT2D eigenvalue weighted by atomic mass is 10.1. The molecular weight excluding hydrogens is 220 g/mol. The van der Waals surface area contributed by atoms with Gasteiger partial charge in [-0.1, -0.05) is 13.8 Å². The molecule has 1 aliphatic heterocycles. The van der Waals surface area contributed by atoms with Crippen LogP contribution in [0, 0.1) is 5.92 Å². The van der Waals surface area contributed by atoms with Crippen LogP contribution in [0.2, 0.25) is 0 Å². The molecule has 2 atom stereocenters. The molecule has 17 heavy (non-hydrogen) atoms. The first kappa shape index (κ1) is 13.8. The minimum Gasteiger partial charge on any atom is -0.441 e. The molecule has 0 N–H and O–H groups in total. The molecule has 0 aromatic heterocycles. The summed E-state index contributed by atoms with van der Waals surface area (Å²) in [4.78, 5) is 26.5. The first-order valence-electron chi connectivity index (χ1n) is 6.02. The van der Waals surface area contributed by atoms with E-state index < -0.39 is 6.23 Å². The summed E-state index contributed by atoms with van der Waals surface area (Å²) in [5, 5.41) is 0. The molecule has 1 rings (SSSR count). The van der Waals surface area contributed by atoms with Gasteiger partial charge in [0.2, 0.25) is 0 Å². The molecule has 0 bridgehead atoms. The number of amides is 2. The molecule has 2 unspecified atom stereocenters. The Morgan fingerprint density at radius 1 is 1.41 bits per heavy atom. The SMILES string of the molecule is CC(C)CC(=O)OC1CC(C)N(C)C(=O)N1C. The van der Waals surface area contributed by atoms with Crippen LogP contribution >= 0.6 is 0 Å². The van der Waals surface area contributed by atoms with E-state index in [0.717, 1.165) is 0 Å². The molecule has 0 aromatic carbocycles. The number of rotatable bonds is 3. The van der Waals surface area contributed by atoms with Gasteiger partial charge in [0, 0.05) is 33.0 Å². The molecule has 0 aromatic rings. The Labute approximate surface area is 103 Å². The van der Waals surface area contributed by atoms with Crippen molar-refractivity contribution >= 4 is 12.0 Å². The molecule has 2 amide bonds. The molecule has 0 spiro atoms. The lowest BCUT2D eigenvalue weighted by molar-refractivity contribution is -0.160. The van der Waals surface area contributed by atoms with E-state index in [0.29, 0.717) is 12.8 Å². The van der Waals surface area contributed by atoms with Crippen LogP contribution in [0.15, 0.2) is 0 Å². The predicted molar refractivity (Wildman–Crippen MR) is 64.3 cm³/mol. The van der Waals surface area contributed by atoms with Gasteiger partial charge in [0.05, 0.1) is 0 Å². The molecule has 1 aliphatic rings. The van der Waals surface area contributed by atoms with Crippen LogP contribution in [0.25, 0.3) is 0 Å². The van der Waals surface area contributed by atoms with Gasteiger partial charge in [0.15, 0.2) is 6.23 Å². The lowest BCUT2D eigenvalue weighted by Crippen LogP contribution is -2.56. The Hall–Kier alpha value is -1.26. The first-order chi connectivity index (χ1) is 7.82. The van der Waals surface area contributed by atoms with Gasteiger partial charge in [-0.2, -0.15) is 0 Å². The second-order valence-corrected chi connectivity index (χ2v) is 5.13. The van der Waals surface area contributed by atoms with Crippen molar-refractivity contribution in [3.8, 4) is 0 Å². The topological polar surface area (TPSA) is 49.9 Å². The fraction of sp³-hybridized carbons (Fsp3) is 0.833. The summed E-state index contributed by atoms with van der Waals surface area (Å²) in [7, 11) is 3.42. The fourth-order valence-corrected chi connectivity index (χ4v) is 1.83. The van der Waals surface area contributed by atoms with Gasteiger partial charge in [-0.25, -0.2) is 4.79 Å². The van der Waals surface area contributed by atoms with E-state index in [-0.39, 0.29) is 24.0 Å². The smallest absolute Gasteiger partial charge is 0.322 e. The number of urea groups is 1. The van der Waals surface area contributed by atoms with Gasteiger partial charge in [0.25, 0.3) is 0 Å². The Kier molecular flexibility index (Phi) is 4.37. The van der Waals surface area contributed by atoms with E-state index in [4.69, 9.17) is 4.74 Å². The minimum absolute atomic E-state index is 0.0931. The van der Waals surface area contributed by atoms with Crippen LogP contribution in [0.5, 0.6) is 0 Å². The molecular formula is C12H22N2O3. The highest BCUT2D eigenvalue weighted by atomic mass is 16.6. The lowest BCUT2D eigenvalue weighted by Gasteiger charge is -2.40. The van der Waals surface area contributed by atoms with Gasteiger partial charge < -0.3 is 9.64 Å². The summed E-state index contributed by atoms with van der Waals surface area (Å²) in [6, 6.07) is -0.0124. The molecule has 0 radical (unpaired) electrons. The maximum atomic E-state index is 11.8. The molecule has 1 fully saturated rings. The molecule has 0 saturated carbocycles. The largest absolute Gasteiger partial charge is 0.441 e. The summed E-state index contributed by atoms with van der Waals surface area (Å²) in [5.41, 5.74) is 0. The number of nitrogens with zero attached hydrogens (tertiary/aromatic N) is 2. The van der Waals surface area contributed by atoms with Crippen molar-refractivity contribution in [2.75, 3.05) is 14.1 Å². The fourth-order valence-electron chi connectivity index (χ4n) is 1.83. The van der Waals surface area contributed by atoms with E-state index >= 15 is 0 Å². The van der Waals surface area contributed by atoms with Crippen molar-refractivity contribution in [2.24, 2.45) is 5.92 Å². The van der Waals surface area contributed by atoms with E-state index in [1.807, 2.05) is 20.8 Å². The second kappa shape index (κ2) is 5.38. The maximum absolute atomic E-state index is 11.8. The standard InChI is InChI=1S/C12H22N2O3/c1-8(2)6-11(15)17-10-7-9(3)13(4)12(16)14(10)5/h8-10H,6-7H2,1-5H3. The Bertz CT molecular complexity index is 304. The molecule has 5 nitrogen and oxygen atoms in total. The number of hydrogen-bond donors (Lipinski definition) is 0. The average molecular weight is 242 g/mol. The van der Waals surface area contributed by atoms with Crippen LogP contribution < -0.4 is 0 Å². The Morgan fingerprint density at radius 3 is 2.53 bits per heavy atom. The second-order valence-electron chi connectivity index (χ2n) is 5.13.